The summed E-state index contributed by atoms with van der Waals surface area (Å²) < 4.78 is 47.5. The van der Waals surface area contributed by atoms with E-state index in [-0.39, 0.29) is 11.5 Å². The van der Waals surface area contributed by atoms with E-state index in [0.29, 0.717) is 65.8 Å². The maximum absolute atomic E-state index is 15.9. The minimum atomic E-state index is -3.26. The predicted molar refractivity (Wildman–Crippen MR) is 168 cm³/mol. The molecule has 2 saturated heterocycles. The molecule has 1 atom stereocenters. The molecule has 0 spiro atoms. The average molecular weight is 617 g/mol. The summed E-state index contributed by atoms with van der Waals surface area (Å²) in [5.41, 5.74) is 1.04. The highest BCUT2D eigenvalue weighted by Crippen LogP contribution is 2.44. The second-order valence-corrected chi connectivity index (χ2v) is 13.2. The van der Waals surface area contributed by atoms with Crippen LogP contribution in [0, 0.1) is 18.7 Å². The van der Waals surface area contributed by atoms with Crippen molar-refractivity contribution in [3.8, 4) is 0 Å². The Kier molecular flexibility index (Phi) is 9.54. The number of hydrogen-bond donors (Lipinski definition) is 1. The standard InChI is InChI=1S/C33H44ClF3N6/c1-19(2)42-14-10-23(11-15-42)26-18-27-31(39-22(6)40-32(27)41-30(26)34)38-21(5)25-8-7-9-28(29(25)35)33(36,37)24-12-16-43(17-13-24)20(3)4/h7-9,18-21,23-24H,10-17H2,1-6H3,(H,38,39,40,41)/t21-/m1/s1. The molecule has 0 bridgehead atoms. The summed E-state index contributed by atoms with van der Waals surface area (Å²) >= 11 is 6.68. The number of nitrogens with one attached hydrogen (secondary N) is 1. The molecule has 1 aromatic carbocycles. The van der Waals surface area contributed by atoms with Crippen LogP contribution in [-0.4, -0.2) is 63.0 Å². The summed E-state index contributed by atoms with van der Waals surface area (Å²) in [4.78, 5) is 18.4. The average Bonchev–Trinajstić information content (AvgIpc) is 2.96. The number of halogens is 4. The van der Waals surface area contributed by atoms with Gasteiger partial charge in [-0.3, -0.25) is 0 Å². The number of benzene rings is 1. The molecule has 0 radical (unpaired) electrons. The van der Waals surface area contributed by atoms with Gasteiger partial charge in [-0.1, -0.05) is 29.8 Å². The molecule has 0 saturated carbocycles. The van der Waals surface area contributed by atoms with E-state index >= 15 is 13.2 Å². The van der Waals surface area contributed by atoms with Crippen molar-refractivity contribution in [1.29, 1.82) is 0 Å². The number of aromatic nitrogens is 3. The lowest BCUT2D eigenvalue weighted by Crippen LogP contribution is -2.42. The zero-order valence-electron chi connectivity index (χ0n) is 26.1. The molecule has 2 fully saturated rings. The SMILES string of the molecule is Cc1nc(N[C@H](C)c2cccc(C(F)(F)C3CCN(C(C)C)CC3)c2F)c2cc(C3CCN(C(C)C)CC3)c(Cl)nc2n1. The number of aryl methyl sites for hydroxylation is 1. The Labute approximate surface area is 258 Å². The minimum Gasteiger partial charge on any atom is -0.363 e. The van der Waals surface area contributed by atoms with Gasteiger partial charge in [-0.05, 0) is 111 Å². The molecule has 4 heterocycles. The molecule has 3 aromatic rings. The number of anilines is 1. The summed E-state index contributed by atoms with van der Waals surface area (Å²) in [5, 5.41) is 4.42. The summed E-state index contributed by atoms with van der Waals surface area (Å²) in [6, 6.07) is 6.49. The van der Waals surface area contributed by atoms with Crippen LogP contribution < -0.4 is 5.32 Å². The molecule has 2 aliphatic rings. The van der Waals surface area contributed by atoms with E-state index < -0.39 is 29.3 Å². The number of nitrogens with zero attached hydrogens (tertiary/aromatic N) is 5. The summed E-state index contributed by atoms with van der Waals surface area (Å²) in [5.74, 6) is -3.80. The molecule has 2 aromatic heterocycles. The van der Waals surface area contributed by atoms with E-state index in [1.807, 2.05) is 6.07 Å². The summed E-state index contributed by atoms with van der Waals surface area (Å²) in [7, 11) is 0. The Morgan fingerprint density at radius 2 is 1.51 bits per heavy atom. The number of fused-ring (bicyclic) bond motifs is 1. The van der Waals surface area contributed by atoms with Gasteiger partial charge in [0, 0.05) is 23.6 Å². The smallest absolute Gasteiger partial charge is 0.278 e. The van der Waals surface area contributed by atoms with Crippen LogP contribution in [0.15, 0.2) is 24.3 Å². The van der Waals surface area contributed by atoms with Crippen LogP contribution in [0.4, 0.5) is 19.0 Å². The molecule has 0 unspecified atom stereocenters. The maximum Gasteiger partial charge on any atom is 0.278 e. The largest absolute Gasteiger partial charge is 0.363 e. The molecule has 0 aliphatic carbocycles. The molecule has 1 N–H and O–H groups in total. The number of piperidine rings is 2. The van der Waals surface area contributed by atoms with Crippen LogP contribution in [0.2, 0.25) is 5.15 Å². The van der Waals surface area contributed by atoms with Gasteiger partial charge in [-0.25, -0.2) is 28.1 Å². The highest BCUT2D eigenvalue weighted by Gasteiger charge is 2.45. The fourth-order valence-electron chi connectivity index (χ4n) is 6.70. The molecule has 234 valence electrons. The van der Waals surface area contributed by atoms with Crippen LogP contribution in [0.3, 0.4) is 0 Å². The minimum absolute atomic E-state index is 0.171. The molecular formula is C33H44ClF3N6. The first kappa shape index (κ1) is 31.9. The van der Waals surface area contributed by atoms with Gasteiger partial charge in [0.05, 0.1) is 17.0 Å². The van der Waals surface area contributed by atoms with E-state index in [1.165, 1.54) is 12.1 Å². The van der Waals surface area contributed by atoms with Crippen molar-refractivity contribution in [2.45, 2.75) is 97.2 Å². The second-order valence-electron chi connectivity index (χ2n) is 12.9. The molecular weight excluding hydrogens is 573 g/mol. The van der Waals surface area contributed by atoms with Gasteiger partial charge in [0.2, 0.25) is 0 Å². The van der Waals surface area contributed by atoms with Crippen LogP contribution >= 0.6 is 11.6 Å². The third kappa shape index (κ3) is 6.64. The van der Waals surface area contributed by atoms with E-state index in [1.54, 1.807) is 19.9 Å². The molecule has 43 heavy (non-hydrogen) atoms. The van der Waals surface area contributed by atoms with Crippen molar-refractivity contribution >= 4 is 28.5 Å². The van der Waals surface area contributed by atoms with Crippen LogP contribution in [0.25, 0.3) is 11.0 Å². The van der Waals surface area contributed by atoms with Crippen LogP contribution in [0.1, 0.15) is 94.8 Å². The first-order chi connectivity index (χ1) is 20.4. The number of alkyl halides is 2. The van der Waals surface area contributed by atoms with Gasteiger partial charge in [0.15, 0.2) is 5.65 Å². The Hall–Kier alpha value is -2.49. The van der Waals surface area contributed by atoms with Gasteiger partial charge < -0.3 is 15.1 Å². The van der Waals surface area contributed by atoms with Crippen molar-refractivity contribution in [1.82, 2.24) is 24.8 Å². The Balaban J connectivity index is 1.41. The monoisotopic (exact) mass is 616 g/mol. The highest BCUT2D eigenvalue weighted by molar-refractivity contribution is 6.30. The van der Waals surface area contributed by atoms with Crippen molar-refractivity contribution < 1.29 is 13.2 Å². The van der Waals surface area contributed by atoms with Gasteiger partial charge in [0.25, 0.3) is 5.92 Å². The maximum atomic E-state index is 15.9. The van der Waals surface area contributed by atoms with Gasteiger partial charge >= 0.3 is 0 Å². The fourth-order valence-corrected chi connectivity index (χ4v) is 6.99. The lowest BCUT2D eigenvalue weighted by Gasteiger charge is -2.38. The Morgan fingerprint density at radius 3 is 2.12 bits per heavy atom. The zero-order valence-corrected chi connectivity index (χ0v) is 26.9. The van der Waals surface area contributed by atoms with Gasteiger partial charge in [-0.2, -0.15) is 0 Å². The van der Waals surface area contributed by atoms with Crippen molar-refractivity contribution in [3.05, 3.63) is 57.8 Å². The third-order valence-corrected chi connectivity index (χ3v) is 9.76. The van der Waals surface area contributed by atoms with Gasteiger partial charge in [-0.15, -0.1) is 0 Å². The number of likely N-dealkylation sites (tertiary alicyclic amines) is 2. The van der Waals surface area contributed by atoms with E-state index in [0.717, 1.165) is 31.5 Å². The van der Waals surface area contributed by atoms with Crippen molar-refractivity contribution in [2.75, 3.05) is 31.5 Å². The first-order valence-electron chi connectivity index (χ1n) is 15.6. The van der Waals surface area contributed by atoms with Crippen molar-refractivity contribution in [2.24, 2.45) is 5.92 Å². The first-order valence-corrected chi connectivity index (χ1v) is 16.0. The molecule has 2 aliphatic heterocycles. The van der Waals surface area contributed by atoms with E-state index in [2.05, 4.69) is 57.8 Å². The normalized spacial score (nSPS) is 19.1. The van der Waals surface area contributed by atoms with E-state index in [4.69, 9.17) is 11.6 Å². The number of pyridine rings is 1. The molecule has 0 amide bonds. The topological polar surface area (TPSA) is 57.2 Å². The lowest BCUT2D eigenvalue weighted by molar-refractivity contribution is -0.0900. The quantitative estimate of drug-likeness (QED) is 0.258. The predicted octanol–water partition coefficient (Wildman–Crippen LogP) is 8.10. The number of rotatable bonds is 8. The van der Waals surface area contributed by atoms with Crippen molar-refractivity contribution in [3.63, 3.8) is 0 Å². The Bertz CT molecular complexity index is 1430. The summed E-state index contributed by atoms with van der Waals surface area (Å²) in [6.07, 6.45) is 2.62. The molecule has 5 rings (SSSR count). The summed E-state index contributed by atoms with van der Waals surface area (Å²) in [6.45, 7) is 15.2. The zero-order chi connectivity index (χ0) is 31.1. The Morgan fingerprint density at radius 1 is 0.907 bits per heavy atom. The van der Waals surface area contributed by atoms with Crippen LogP contribution in [-0.2, 0) is 5.92 Å². The highest BCUT2D eigenvalue weighted by atomic mass is 35.5. The molecule has 6 nitrogen and oxygen atoms in total. The third-order valence-electron chi connectivity index (χ3n) is 9.46. The molecule has 10 heteroatoms. The van der Waals surface area contributed by atoms with Crippen LogP contribution in [0.5, 0.6) is 0 Å². The van der Waals surface area contributed by atoms with Gasteiger partial charge in [0.1, 0.15) is 22.6 Å². The lowest BCUT2D eigenvalue weighted by atomic mass is 9.85. The fraction of sp³-hybridized carbons (Fsp3) is 0.606. The second kappa shape index (κ2) is 12.9. The van der Waals surface area contributed by atoms with E-state index in [9.17, 15) is 0 Å². The number of hydrogen-bond acceptors (Lipinski definition) is 6.